The number of aromatic hydroxyl groups is 1. The lowest BCUT2D eigenvalue weighted by Gasteiger charge is -2.36. The third kappa shape index (κ3) is 4.61. The number of piperidine rings is 1. The number of likely N-dealkylation sites (N-methyl/N-ethyl adjacent to an activating group) is 1. The minimum Gasteiger partial charge on any atom is -0.504 e. The molecule has 0 unspecified atom stereocenters. The summed E-state index contributed by atoms with van der Waals surface area (Å²) in [5, 5.41) is 23.1. The van der Waals surface area contributed by atoms with Crippen LogP contribution < -0.4 is 10.1 Å². The van der Waals surface area contributed by atoms with Crippen LogP contribution in [0.4, 0.5) is 0 Å². The number of carbonyl (C=O) groups is 2. The molecule has 25 heavy (non-hydrogen) atoms. The van der Waals surface area contributed by atoms with E-state index in [2.05, 4.69) is 5.32 Å². The molecule has 2 amide bonds. The average molecular weight is 351 g/mol. The molecule has 1 saturated heterocycles. The highest BCUT2D eigenvalue weighted by atomic mass is 16.5. The van der Waals surface area contributed by atoms with Crippen molar-refractivity contribution in [2.75, 3.05) is 40.8 Å². The summed E-state index contributed by atoms with van der Waals surface area (Å²) in [7, 11) is 4.78. The molecule has 1 aliphatic rings. The SMILES string of the molecule is COc1cccc(C(=O)N[C@@H]2CCN(CC(=O)N(C)C)C[C@H]2O)c1O. The van der Waals surface area contributed by atoms with Crippen LogP contribution in [0.15, 0.2) is 18.2 Å². The number of likely N-dealkylation sites (tertiary alicyclic amines) is 1. The van der Waals surface area contributed by atoms with Gasteiger partial charge in [0.2, 0.25) is 5.91 Å². The molecular formula is C17H25N3O5. The quantitative estimate of drug-likeness (QED) is 0.670. The number of ether oxygens (including phenoxy) is 1. The number of rotatable bonds is 5. The number of phenolic OH excluding ortho intramolecular Hbond substituents is 1. The van der Waals surface area contributed by atoms with Crippen LogP contribution in [-0.4, -0.2) is 84.8 Å². The third-order valence-electron chi connectivity index (χ3n) is 4.30. The molecule has 8 nitrogen and oxygen atoms in total. The predicted octanol–water partition coefficient (Wildman–Crippen LogP) is -0.346. The van der Waals surface area contributed by atoms with Crippen molar-refractivity contribution in [2.24, 2.45) is 0 Å². The Morgan fingerprint density at radius 2 is 2.12 bits per heavy atom. The molecule has 1 aliphatic heterocycles. The molecule has 0 saturated carbocycles. The van der Waals surface area contributed by atoms with Crippen LogP contribution in [0.3, 0.4) is 0 Å². The lowest BCUT2D eigenvalue weighted by molar-refractivity contribution is -0.130. The molecular weight excluding hydrogens is 326 g/mol. The third-order valence-corrected chi connectivity index (χ3v) is 4.30. The van der Waals surface area contributed by atoms with Crippen molar-refractivity contribution in [2.45, 2.75) is 18.6 Å². The van der Waals surface area contributed by atoms with Crippen molar-refractivity contribution >= 4 is 11.8 Å². The van der Waals surface area contributed by atoms with Gasteiger partial charge in [0.25, 0.3) is 5.91 Å². The molecule has 3 N–H and O–H groups in total. The summed E-state index contributed by atoms with van der Waals surface area (Å²) in [5.41, 5.74) is 0.0942. The molecule has 0 radical (unpaired) electrons. The van der Waals surface area contributed by atoms with Crippen molar-refractivity contribution in [1.82, 2.24) is 15.1 Å². The molecule has 2 rings (SSSR count). The maximum Gasteiger partial charge on any atom is 0.255 e. The Morgan fingerprint density at radius 1 is 1.40 bits per heavy atom. The Morgan fingerprint density at radius 3 is 2.72 bits per heavy atom. The van der Waals surface area contributed by atoms with Crippen molar-refractivity contribution < 1.29 is 24.5 Å². The average Bonchev–Trinajstić information content (AvgIpc) is 2.57. The van der Waals surface area contributed by atoms with E-state index in [-0.39, 0.29) is 29.5 Å². The highest BCUT2D eigenvalue weighted by Gasteiger charge is 2.30. The van der Waals surface area contributed by atoms with Gasteiger partial charge in [-0.05, 0) is 18.6 Å². The Bertz CT molecular complexity index is 635. The molecule has 2 atom stereocenters. The first kappa shape index (κ1) is 19.0. The van der Waals surface area contributed by atoms with Crippen molar-refractivity contribution in [3.8, 4) is 11.5 Å². The summed E-state index contributed by atoms with van der Waals surface area (Å²) in [5.74, 6) is -0.523. The number of hydrogen-bond acceptors (Lipinski definition) is 6. The van der Waals surface area contributed by atoms with Gasteiger partial charge in [0, 0.05) is 27.2 Å². The summed E-state index contributed by atoms with van der Waals surface area (Å²) in [6, 6.07) is 4.22. The fourth-order valence-electron chi connectivity index (χ4n) is 2.76. The van der Waals surface area contributed by atoms with Crippen LogP contribution in [0.5, 0.6) is 11.5 Å². The Balaban J connectivity index is 1.96. The molecule has 0 spiro atoms. The molecule has 1 heterocycles. The number of phenols is 1. The van der Waals surface area contributed by atoms with Crippen molar-refractivity contribution in [3.05, 3.63) is 23.8 Å². The zero-order chi connectivity index (χ0) is 18.6. The topological polar surface area (TPSA) is 102 Å². The van der Waals surface area contributed by atoms with E-state index in [0.717, 1.165) is 0 Å². The van der Waals surface area contributed by atoms with Crippen LogP contribution in [0.2, 0.25) is 0 Å². The van der Waals surface area contributed by atoms with Crippen LogP contribution in [0, 0.1) is 0 Å². The number of methoxy groups -OCH3 is 1. The number of amides is 2. The van der Waals surface area contributed by atoms with Gasteiger partial charge in [-0.15, -0.1) is 0 Å². The molecule has 138 valence electrons. The molecule has 0 bridgehead atoms. The van der Waals surface area contributed by atoms with Crippen LogP contribution in [-0.2, 0) is 4.79 Å². The molecule has 0 aromatic heterocycles. The van der Waals surface area contributed by atoms with E-state index in [1.165, 1.54) is 18.1 Å². The predicted molar refractivity (Wildman–Crippen MR) is 91.7 cm³/mol. The Hall–Kier alpha value is -2.32. The van der Waals surface area contributed by atoms with Gasteiger partial charge in [0.05, 0.1) is 31.4 Å². The van der Waals surface area contributed by atoms with Crippen LogP contribution >= 0.6 is 0 Å². The summed E-state index contributed by atoms with van der Waals surface area (Å²) in [4.78, 5) is 27.5. The summed E-state index contributed by atoms with van der Waals surface area (Å²) in [6.07, 6.45) is -0.279. The Kier molecular flexibility index (Phi) is 6.22. The molecule has 0 aliphatic carbocycles. The number of nitrogens with zero attached hydrogens (tertiary/aromatic N) is 2. The van der Waals surface area contributed by atoms with Gasteiger partial charge >= 0.3 is 0 Å². The van der Waals surface area contributed by atoms with Gasteiger partial charge in [-0.25, -0.2) is 0 Å². The van der Waals surface area contributed by atoms with Gasteiger partial charge in [-0.3, -0.25) is 14.5 Å². The fraction of sp³-hybridized carbons (Fsp3) is 0.529. The monoisotopic (exact) mass is 351 g/mol. The number of aliphatic hydroxyl groups is 1. The Labute approximate surface area is 147 Å². The largest absolute Gasteiger partial charge is 0.504 e. The number of hydrogen-bond donors (Lipinski definition) is 3. The summed E-state index contributed by atoms with van der Waals surface area (Å²) >= 11 is 0. The normalized spacial score (nSPS) is 20.8. The summed E-state index contributed by atoms with van der Waals surface area (Å²) < 4.78 is 5.00. The van der Waals surface area contributed by atoms with Crippen LogP contribution in [0.1, 0.15) is 16.8 Å². The van der Waals surface area contributed by atoms with Gasteiger partial charge in [-0.1, -0.05) is 6.07 Å². The van der Waals surface area contributed by atoms with Gasteiger partial charge in [0.1, 0.15) is 0 Å². The van der Waals surface area contributed by atoms with E-state index < -0.39 is 18.1 Å². The highest BCUT2D eigenvalue weighted by molar-refractivity contribution is 5.97. The lowest BCUT2D eigenvalue weighted by Crippen LogP contribution is -2.55. The highest BCUT2D eigenvalue weighted by Crippen LogP contribution is 2.29. The van der Waals surface area contributed by atoms with Crippen molar-refractivity contribution in [3.63, 3.8) is 0 Å². The number of para-hydroxylation sites is 1. The maximum absolute atomic E-state index is 12.4. The molecule has 1 aromatic carbocycles. The fourth-order valence-corrected chi connectivity index (χ4v) is 2.76. The standard InChI is InChI=1S/C17H25N3O5/c1-19(2)15(22)10-20-8-7-12(13(21)9-20)18-17(24)11-5-4-6-14(25-3)16(11)23/h4-6,12-13,21,23H,7-10H2,1-3H3,(H,18,24)/t12-,13-/m1/s1. The van der Waals surface area contributed by atoms with E-state index in [1.807, 2.05) is 4.90 Å². The van der Waals surface area contributed by atoms with E-state index in [4.69, 9.17) is 4.74 Å². The minimum atomic E-state index is -0.791. The summed E-state index contributed by atoms with van der Waals surface area (Å²) in [6.45, 7) is 1.13. The van der Waals surface area contributed by atoms with Gasteiger partial charge in [0.15, 0.2) is 11.5 Å². The molecule has 8 heteroatoms. The van der Waals surface area contributed by atoms with Gasteiger partial charge in [-0.2, -0.15) is 0 Å². The first-order valence-corrected chi connectivity index (χ1v) is 8.11. The molecule has 1 fully saturated rings. The first-order chi connectivity index (χ1) is 11.8. The smallest absolute Gasteiger partial charge is 0.255 e. The van der Waals surface area contributed by atoms with E-state index in [9.17, 15) is 19.8 Å². The number of benzene rings is 1. The zero-order valence-electron chi connectivity index (χ0n) is 14.7. The van der Waals surface area contributed by atoms with Gasteiger partial charge < -0.3 is 25.2 Å². The van der Waals surface area contributed by atoms with E-state index in [0.29, 0.717) is 19.5 Å². The number of nitrogens with one attached hydrogen (secondary N) is 1. The van der Waals surface area contributed by atoms with Crippen LogP contribution in [0.25, 0.3) is 0 Å². The van der Waals surface area contributed by atoms with Crippen molar-refractivity contribution in [1.29, 1.82) is 0 Å². The van der Waals surface area contributed by atoms with E-state index in [1.54, 1.807) is 26.2 Å². The number of carbonyl (C=O) groups excluding carboxylic acids is 2. The lowest BCUT2D eigenvalue weighted by atomic mass is 10.0. The first-order valence-electron chi connectivity index (χ1n) is 8.11. The number of β-amino-alcohol motifs (C(OH)–C–C–N with tert-alkyl or cyclic N) is 1. The maximum atomic E-state index is 12.4. The number of aliphatic hydroxyl groups excluding tert-OH is 1. The van der Waals surface area contributed by atoms with E-state index >= 15 is 0 Å². The minimum absolute atomic E-state index is 0.0315. The molecule has 1 aromatic rings. The zero-order valence-corrected chi connectivity index (χ0v) is 14.7. The second-order valence-corrected chi connectivity index (χ2v) is 6.32. The second-order valence-electron chi connectivity index (χ2n) is 6.32. The second kappa shape index (κ2) is 8.17.